The highest BCUT2D eigenvalue weighted by Gasteiger charge is 2.15. The van der Waals surface area contributed by atoms with Gasteiger partial charge in [-0.05, 0) is 32.4 Å². The zero-order chi connectivity index (χ0) is 17.8. The number of para-hydroxylation sites is 1. The highest BCUT2D eigenvalue weighted by molar-refractivity contribution is 8.93. The summed E-state index contributed by atoms with van der Waals surface area (Å²) in [6.07, 6.45) is 0.193. The van der Waals surface area contributed by atoms with Crippen molar-refractivity contribution in [2.75, 3.05) is 6.26 Å². The number of oxime groups is 1. The fourth-order valence-corrected chi connectivity index (χ4v) is 1.76. The van der Waals surface area contributed by atoms with E-state index < -0.39 is 16.2 Å². The molecule has 0 amide bonds. The Labute approximate surface area is 150 Å². The van der Waals surface area contributed by atoms with Gasteiger partial charge in [-0.2, -0.15) is 8.42 Å². The number of fused-ring (bicyclic) bond motifs is 1. The molecular formula is C14H21BrN2O6S. The van der Waals surface area contributed by atoms with Crippen molar-refractivity contribution in [3.05, 3.63) is 29.5 Å². The zero-order valence-corrected chi connectivity index (χ0v) is 16.2. The lowest BCUT2D eigenvalue weighted by Crippen LogP contribution is -2.31. The van der Waals surface area contributed by atoms with E-state index in [-0.39, 0.29) is 22.8 Å². The number of nitrogens with two attached hydrogens (primary N) is 1. The summed E-state index contributed by atoms with van der Waals surface area (Å²) in [6, 6.07) is 5.66. The van der Waals surface area contributed by atoms with Crippen LogP contribution in [0.4, 0.5) is 0 Å². The van der Waals surface area contributed by atoms with Crippen LogP contribution in [-0.2, 0) is 10.1 Å². The van der Waals surface area contributed by atoms with Gasteiger partial charge in [0.25, 0.3) is 10.1 Å². The van der Waals surface area contributed by atoms with Crippen LogP contribution in [0.1, 0.15) is 18.2 Å². The van der Waals surface area contributed by atoms with Crippen molar-refractivity contribution in [1.82, 2.24) is 0 Å². The number of benzene rings is 1. The first-order valence-corrected chi connectivity index (χ1v) is 8.44. The van der Waals surface area contributed by atoms with Gasteiger partial charge in [-0.15, -0.1) is 17.0 Å². The molecule has 0 bridgehead atoms. The Balaban J connectivity index is 0.000000777. The lowest BCUT2D eigenvalue weighted by Gasteiger charge is -2.13. The second-order valence-corrected chi connectivity index (χ2v) is 6.40. The minimum absolute atomic E-state index is 0. The van der Waals surface area contributed by atoms with Gasteiger partial charge in [0, 0.05) is 5.39 Å². The standard InChI is InChI=1S/C13H16N2O3.CH4O3S.BrH/c1-7-8(2)18-12-10(7)5-4-6-11(12)17-9(3)13(14)15-16;1-5(2,3)4;/h4-6,9,16H,1-3H3,(H2,14,15);1H3,(H,2,3,4);1H. The Hall–Kier alpha value is -1.78. The highest BCUT2D eigenvalue weighted by Crippen LogP contribution is 2.32. The van der Waals surface area contributed by atoms with Gasteiger partial charge in [0.1, 0.15) is 5.76 Å². The summed E-state index contributed by atoms with van der Waals surface area (Å²) in [4.78, 5) is 0. The fourth-order valence-electron chi connectivity index (χ4n) is 1.76. The van der Waals surface area contributed by atoms with E-state index in [1.807, 2.05) is 26.0 Å². The number of hydrogen-bond acceptors (Lipinski definition) is 6. The molecule has 0 aliphatic heterocycles. The number of hydrogen-bond donors (Lipinski definition) is 3. The minimum Gasteiger partial charge on any atom is -0.479 e. The predicted octanol–water partition coefficient (Wildman–Crippen LogP) is 2.65. The summed E-state index contributed by atoms with van der Waals surface area (Å²) in [5, 5.41) is 12.5. The van der Waals surface area contributed by atoms with Gasteiger partial charge in [-0.25, -0.2) is 0 Å². The second kappa shape index (κ2) is 8.90. The van der Waals surface area contributed by atoms with E-state index in [1.54, 1.807) is 13.0 Å². The van der Waals surface area contributed by atoms with Crippen LogP contribution in [0.3, 0.4) is 0 Å². The number of furan rings is 1. The molecule has 0 saturated heterocycles. The van der Waals surface area contributed by atoms with Crippen molar-refractivity contribution in [2.24, 2.45) is 10.9 Å². The van der Waals surface area contributed by atoms with Crippen LogP contribution in [0.15, 0.2) is 27.8 Å². The molecule has 0 fully saturated rings. The lowest BCUT2D eigenvalue weighted by molar-refractivity contribution is 0.265. The van der Waals surface area contributed by atoms with E-state index in [4.69, 9.17) is 24.6 Å². The molecular weight excluding hydrogens is 404 g/mol. The van der Waals surface area contributed by atoms with Crippen molar-refractivity contribution in [3.8, 4) is 5.75 Å². The summed E-state index contributed by atoms with van der Waals surface area (Å²) in [5.74, 6) is 1.47. The zero-order valence-electron chi connectivity index (χ0n) is 13.7. The Bertz CT molecular complexity index is 808. The molecule has 2 rings (SSSR count). The van der Waals surface area contributed by atoms with Crippen LogP contribution in [0.2, 0.25) is 0 Å². The maximum atomic E-state index is 9.19. The Kier molecular flexibility index (Phi) is 8.24. The Morgan fingerprint density at radius 2 is 1.92 bits per heavy atom. The van der Waals surface area contributed by atoms with Crippen molar-refractivity contribution in [2.45, 2.75) is 26.9 Å². The molecule has 0 spiro atoms. The number of aryl methyl sites for hydroxylation is 2. The largest absolute Gasteiger partial charge is 0.479 e. The monoisotopic (exact) mass is 424 g/mol. The third-order valence-corrected chi connectivity index (χ3v) is 3.00. The summed E-state index contributed by atoms with van der Waals surface area (Å²) >= 11 is 0. The molecule has 0 aliphatic rings. The molecule has 10 heteroatoms. The first kappa shape index (κ1) is 22.2. The van der Waals surface area contributed by atoms with Gasteiger partial charge < -0.3 is 20.1 Å². The van der Waals surface area contributed by atoms with Gasteiger partial charge >= 0.3 is 0 Å². The van der Waals surface area contributed by atoms with E-state index >= 15 is 0 Å². The maximum Gasteiger partial charge on any atom is 0.261 e. The average molecular weight is 425 g/mol. The molecule has 0 saturated carbocycles. The molecule has 1 heterocycles. The van der Waals surface area contributed by atoms with Crippen LogP contribution in [0, 0.1) is 13.8 Å². The molecule has 8 nitrogen and oxygen atoms in total. The SMILES string of the molecule is Br.CS(=O)(=O)O.Cc1oc2c(OC(C)C(N)=NO)cccc2c1C. The third kappa shape index (κ3) is 6.38. The number of nitrogens with zero attached hydrogens (tertiary/aromatic N) is 1. The van der Waals surface area contributed by atoms with Crippen LogP contribution >= 0.6 is 17.0 Å². The molecule has 4 N–H and O–H groups in total. The quantitative estimate of drug-likeness (QED) is 0.226. The molecule has 1 atom stereocenters. The van der Waals surface area contributed by atoms with E-state index in [0.29, 0.717) is 17.6 Å². The van der Waals surface area contributed by atoms with Gasteiger partial charge in [-0.1, -0.05) is 17.3 Å². The van der Waals surface area contributed by atoms with Gasteiger partial charge in [0.15, 0.2) is 23.3 Å². The smallest absolute Gasteiger partial charge is 0.261 e. The van der Waals surface area contributed by atoms with Crippen molar-refractivity contribution in [3.63, 3.8) is 0 Å². The lowest BCUT2D eigenvalue weighted by atomic mass is 10.1. The van der Waals surface area contributed by atoms with Crippen molar-refractivity contribution < 1.29 is 27.3 Å². The molecule has 136 valence electrons. The van der Waals surface area contributed by atoms with Crippen LogP contribution in [0.5, 0.6) is 5.75 Å². The molecule has 1 aromatic carbocycles. The molecule has 2 aromatic rings. The normalized spacial score (nSPS) is 12.8. The number of ether oxygens (including phenoxy) is 1. The minimum atomic E-state index is -3.67. The number of rotatable bonds is 3. The third-order valence-electron chi connectivity index (χ3n) is 3.00. The molecule has 1 aromatic heterocycles. The van der Waals surface area contributed by atoms with E-state index in [1.165, 1.54) is 0 Å². The number of halogens is 1. The van der Waals surface area contributed by atoms with Crippen molar-refractivity contribution >= 4 is 43.9 Å². The summed E-state index contributed by atoms with van der Waals surface area (Å²) in [6.45, 7) is 5.61. The molecule has 0 radical (unpaired) electrons. The van der Waals surface area contributed by atoms with Gasteiger partial charge in [0.05, 0.1) is 6.26 Å². The van der Waals surface area contributed by atoms with Crippen LogP contribution < -0.4 is 10.5 Å². The Morgan fingerprint density at radius 1 is 1.38 bits per heavy atom. The first-order valence-electron chi connectivity index (χ1n) is 6.59. The first-order chi connectivity index (χ1) is 10.5. The van der Waals surface area contributed by atoms with Crippen LogP contribution in [0.25, 0.3) is 11.0 Å². The molecule has 24 heavy (non-hydrogen) atoms. The van der Waals surface area contributed by atoms with Crippen LogP contribution in [-0.4, -0.2) is 36.4 Å². The topological polar surface area (TPSA) is 135 Å². The van der Waals surface area contributed by atoms with Gasteiger partial charge in [0.2, 0.25) is 0 Å². The van der Waals surface area contributed by atoms with Gasteiger partial charge in [-0.3, -0.25) is 4.55 Å². The molecule has 1 unspecified atom stereocenters. The molecule has 0 aliphatic carbocycles. The van der Waals surface area contributed by atoms with Crippen molar-refractivity contribution in [1.29, 1.82) is 0 Å². The Morgan fingerprint density at radius 3 is 2.42 bits per heavy atom. The second-order valence-electron chi connectivity index (χ2n) is 4.93. The average Bonchev–Trinajstić information content (AvgIpc) is 2.73. The van der Waals surface area contributed by atoms with E-state index in [2.05, 4.69) is 5.16 Å². The summed E-state index contributed by atoms with van der Waals surface area (Å²) < 4.78 is 37.2. The predicted molar refractivity (Wildman–Crippen MR) is 97.0 cm³/mol. The maximum absolute atomic E-state index is 9.19. The van der Waals surface area contributed by atoms with E-state index in [9.17, 15) is 8.42 Å². The number of amidine groups is 1. The summed E-state index contributed by atoms with van der Waals surface area (Å²) in [7, 11) is -3.67. The van der Waals surface area contributed by atoms with E-state index in [0.717, 1.165) is 16.7 Å². The highest BCUT2D eigenvalue weighted by atomic mass is 79.9. The fraction of sp³-hybridized carbons (Fsp3) is 0.357. The summed E-state index contributed by atoms with van der Waals surface area (Å²) in [5.41, 5.74) is 7.26.